The number of thiazole rings is 1. The zero-order valence-corrected chi connectivity index (χ0v) is 15.0. The Kier molecular flexibility index (Phi) is 4.23. The number of rotatable bonds is 3. The summed E-state index contributed by atoms with van der Waals surface area (Å²) in [5.41, 5.74) is 0.839. The topological polar surface area (TPSA) is 76.6 Å². The average molecular weight is 400 g/mol. The number of amides is 2. The fraction of sp³-hybridized carbons (Fsp3) is 0.0526. The minimum absolute atomic E-state index is 0.0382. The van der Waals surface area contributed by atoms with Crippen LogP contribution in [0.1, 0.15) is 36.1 Å². The fourth-order valence-corrected chi connectivity index (χ4v) is 3.65. The summed E-state index contributed by atoms with van der Waals surface area (Å²) in [6, 6.07) is 9.36. The van der Waals surface area contributed by atoms with Crippen molar-refractivity contribution in [2.45, 2.75) is 6.92 Å². The fourth-order valence-electron chi connectivity index (χ4n) is 2.71. The molecule has 9 heteroatoms. The summed E-state index contributed by atoms with van der Waals surface area (Å²) in [5.74, 6) is -4.46. The van der Waals surface area contributed by atoms with E-state index in [1.807, 2.05) is 0 Å². The highest BCUT2D eigenvalue weighted by Crippen LogP contribution is 2.30. The zero-order valence-electron chi connectivity index (χ0n) is 14.2. The summed E-state index contributed by atoms with van der Waals surface area (Å²) < 4.78 is 26.6. The van der Waals surface area contributed by atoms with Gasteiger partial charge in [0.1, 0.15) is 9.88 Å². The molecule has 2 amide bonds. The van der Waals surface area contributed by atoms with Crippen LogP contribution in [0.2, 0.25) is 0 Å². The monoisotopic (exact) mass is 400 g/mol. The Morgan fingerprint density at radius 1 is 1.04 bits per heavy atom. The van der Waals surface area contributed by atoms with Crippen molar-refractivity contribution >= 4 is 29.1 Å². The Balaban J connectivity index is 1.60. The van der Waals surface area contributed by atoms with Crippen molar-refractivity contribution in [3.05, 3.63) is 75.8 Å². The van der Waals surface area contributed by atoms with Gasteiger partial charge in [0.05, 0.1) is 16.8 Å². The van der Waals surface area contributed by atoms with Gasteiger partial charge in [-0.2, -0.15) is 0 Å². The van der Waals surface area contributed by atoms with Crippen molar-refractivity contribution in [3.8, 4) is 10.6 Å². The van der Waals surface area contributed by atoms with Crippen molar-refractivity contribution in [1.82, 2.24) is 10.0 Å². The summed E-state index contributed by atoms with van der Waals surface area (Å²) in [7, 11) is 0. The predicted octanol–water partition coefficient (Wildman–Crippen LogP) is 3.76. The van der Waals surface area contributed by atoms with Crippen molar-refractivity contribution in [3.63, 3.8) is 0 Å². The molecule has 0 unspecified atom stereocenters. The van der Waals surface area contributed by atoms with E-state index in [1.54, 1.807) is 12.1 Å². The van der Waals surface area contributed by atoms with Crippen LogP contribution in [0.25, 0.3) is 10.6 Å². The van der Waals surface area contributed by atoms with Crippen LogP contribution >= 0.6 is 11.3 Å². The van der Waals surface area contributed by atoms with Crippen LogP contribution in [-0.2, 0) is 4.84 Å². The van der Waals surface area contributed by atoms with E-state index in [1.165, 1.54) is 25.1 Å². The number of nitrogens with zero attached hydrogens (tertiary/aromatic N) is 2. The van der Waals surface area contributed by atoms with Gasteiger partial charge < -0.3 is 4.84 Å². The summed E-state index contributed by atoms with van der Waals surface area (Å²) >= 11 is 0.881. The maximum atomic E-state index is 13.4. The van der Waals surface area contributed by atoms with E-state index < -0.39 is 29.4 Å². The Morgan fingerprint density at radius 3 is 2.29 bits per heavy atom. The predicted molar refractivity (Wildman–Crippen MR) is 94.6 cm³/mol. The van der Waals surface area contributed by atoms with Gasteiger partial charge in [-0.15, -0.1) is 11.3 Å². The van der Waals surface area contributed by atoms with Crippen LogP contribution in [-0.4, -0.2) is 27.8 Å². The second kappa shape index (κ2) is 6.61. The number of halogens is 2. The van der Waals surface area contributed by atoms with Gasteiger partial charge in [0.15, 0.2) is 11.6 Å². The van der Waals surface area contributed by atoms with Crippen molar-refractivity contribution in [2.75, 3.05) is 0 Å². The van der Waals surface area contributed by atoms with E-state index in [4.69, 9.17) is 4.84 Å². The Hall–Kier alpha value is -3.46. The van der Waals surface area contributed by atoms with E-state index in [9.17, 15) is 23.2 Å². The van der Waals surface area contributed by atoms with Crippen molar-refractivity contribution < 1.29 is 28.0 Å². The lowest BCUT2D eigenvalue weighted by molar-refractivity contribution is -0.0581. The third-order valence-electron chi connectivity index (χ3n) is 4.08. The highest BCUT2D eigenvalue weighted by atomic mass is 32.1. The van der Waals surface area contributed by atoms with Gasteiger partial charge in [-0.1, -0.05) is 17.2 Å². The molecule has 0 bridgehead atoms. The molecule has 140 valence electrons. The molecule has 1 aromatic heterocycles. The van der Waals surface area contributed by atoms with Gasteiger partial charge in [0, 0.05) is 5.56 Å². The molecule has 4 rings (SSSR count). The molecular formula is C19H10F2N2O4S. The summed E-state index contributed by atoms with van der Waals surface area (Å²) in [4.78, 5) is 46.3. The third kappa shape index (κ3) is 2.85. The number of hydroxylamine groups is 2. The number of aromatic nitrogens is 1. The lowest BCUT2D eigenvalue weighted by Crippen LogP contribution is -2.32. The van der Waals surface area contributed by atoms with Crippen LogP contribution < -0.4 is 0 Å². The highest BCUT2D eigenvalue weighted by molar-refractivity contribution is 7.17. The normalized spacial score (nSPS) is 13.0. The first kappa shape index (κ1) is 17.9. The maximum absolute atomic E-state index is 13.4. The number of imide groups is 1. The number of carbonyl (C=O) groups excluding carboxylic acids is 3. The van der Waals surface area contributed by atoms with Crippen LogP contribution in [0, 0.1) is 18.6 Å². The number of fused-ring (bicyclic) bond motifs is 1. The highest BCUT2D eigenvalue weighted by Gasteiger charge is 2.39. The van der Waals surface area contributed by atoms with Crippen LogP contribution in [0.5, 0.6) is 0 Å². The first-order valence-corrected chi connectivity index (χ1v) is 8.81. The van der Waals surface area contributed by atoms with E-state index in [2.05, 4.69) is 4.98 Å². The molecule has 0 spiro atoms. The van der Waals surface area contributed by atoms with E-state index >= 15 is 0 Å². The van der Waals surface area contributed by atoms with E-state index in [0.717, 1.165) is 23.5 Å². The van der Waals surface area contributed by atoms with Gasteiger partial charge in [0.25, 0.3) is 11.8 Å². The van der Waals surface area contributed by atoms with Gasteiger partial charge in [0.2, 0.25) is 0 Å². The summed E-state index contributed by atoms with van der Waals surface area (Å²) in [6.07, 6.45) is 0. The molecule has 3 aromatic rings. The molecule has 0 saturated heterocycles. The summed E-state index contributed by atoms with van der Waals surface area (Å²) in [6.45, 7) is 1.53. The van der Waals surface area contributed by atoms with Gasteiger partial charge in [-0.25, -0.2) is 18.6 Å². The van der Waals surface area contributed by atoms with Crippen LogP contribution in [0.4, 0.5) is 8.78 Å². The van der Waals surface area contributed by atoms with Gasteiger partial charge >= 0.3 is 5.97 Å². The lowest BCUT2D eigenvalue weighted by atomic mass is 10.1. The second-order valence-electron chi connectivity index (χ2n) is 5.89. The minimum atomic E-state index is -1.04. The number of hydrogen-bond donors (Lipinski definition) is 0. The number of benzene rings is 2. The molecule has 2 aromatic carbocycles. The Bertz CT molecular complexity index is 1120. The maximum Gasteiger partial charge on any atom is 0.375 e. The first-order chi connectivity index (χ1) is 13.4. The van der Waals surface area contributed by atoms with Crippen molar-refractivity contribution in [1.29, 1.82) is 0 Å². The Labute approximate surface area is 161 Å². The molecule has 0 N–H and O–H groups in total. The first-order valence-electron chi connectivity index (χ1n) is 8.00. The number of carbonyl (C=O) groups is 3. The molecule has 0 aliphatic carbocycles. The van der Waals surface area contributed by atoms with Crippen LogP contribution in [0.3, 0.4) is 0 Å². The molecular weight excluding hydrogens is 390 g/mol. The quantitative estimate of drug-likeness (QED) is 0.626. The average Bonchev–Trinajstić information content (AvgIpc) is 3.18. The minimum Gasteiger partial charge on any atom is -0.323 e. The number of hydrogen-bond acceptors (Lipinski definition) is 6. The molecule has 0 saturated carbocycles. The summed E-state index contributed by atoms with van der Waals surface area (Å²) in [5, 5.41) is 0.675. The molecule has 0 radical (unpaired) electrons. The molecule has 1 aliphatic heterocycles. The molecule has 1 aliphatic rings. The van der Waals surface area contributed by atoms with Gasteiger partial charge in [-0.3, -0.25) is 9.59 Å². The van der Waals surface area contributed by atoms with E-state index in [-0.39, 0.29) is 32.3 Å². The molecule has 0 fully saturated rings. The Morgan fingerprint density at radius 2 is 1.68 bits per heavy atom. The second-order valence-corrected chi connectivity index (χ2v) is 6.89. The van der Waals surface area contributed by atoms with Crippen molar-refractivity contribution in [2.24, 2.45) is 0 Å². The molecule has 28 heavy (non-hydrogen) atoms. The largest absolute Gasteiger partial charge is 0.375 e. The number of aryl methyl sites for hydroxylation is 1. The zero-order chi connectivity index (χ0) is 20.0. The molecule has 2 heterocycles. The SMILES string of the molecule is Cc1nc(-c2ccc(F)c(F)c2)sc1C(=O)ON1C(=O)c2ccccc2C1=O. The smallest absolute Gasteiger partial charge is 0.323 e. The van der Waals surface area contributed by atoms with Crippen LogP contribution in [0.15, 0.2) is 42.5 Å². The van der Waals surface area contributed by atoms with E-state index in [0.29, 0.717) is 5.06 Å². The molecule has 6 nitrogen and oxygen atoms in total. The molecule has 0 atom stereocenters. The van der Waals surface area contributed by atoms with Gasteiger partial charge in [-0.05, 0) is 37.3 Å². The third-order valence-corrected chi connectivity index (χ3v) is 5.27. The standard InChI is InChI=1S/C19H10F2N2O4S/c1-9-15(28-16(22-9)10-6-7-13(20)14(21)8-10)19(26)27-23-17(24)11-4-2-3-5-12(11)18(23)25/h2-8H,1H3. The lowest BCUT2D eigenvalue weighted by Gasteiger charge is -2.11.